The summed E-state index contributed by atoms with van der Waals surface area (Å²) in [7, 11) is 0. The average molecular weight is 260 g/mol. The Morgan fingerprint density at radius 2 is 2.31 bits per heavy atom. The highest BCUT2D eigenvalue weighted by atomic mass is 35.5. The van der Waals surface area contributed by atoms with Crippen LogP contribution in [0.2, 0.25) is 0 Å². The highest BCUT2D eigenvalue weighted by Gasteiger charge is 2.16. The standard InChI is InChI=1S/C12H18ClNOS/c13-8-11-9-16-12(14-11)5-7-15-6-4-10-2-1-3-10/h9-10H,1-8H2. The maximum Gasteiger partial charge on any atom is 0.0951 e. The van der Waals surface area contributed by atoms with E-state index in [4.69, 9.17) is 16.3 Å². The molecule has 0 aliphatic heterocycles. The van der Waals surface area contributed by atoms with Crippen molar-refractivity contribution in [2.24, 2.45) is 5.92 Å². The molecule has 0 saturated heterocycles. The third kappa shape index (κ3) is 3.72. The zero-order chi connectivity index (χ0) is 11.2. The summed E-state index contributed by atoms with van der Waals surface area (Å²) in [4.78, 5) is 4.40. The van der Waals surface area contributed by atoms with Gasteiger partial charge in [0, 0.05) is 18.4 Å². The van der Waals surface area contributed by atoms with Crippen molar-refractivity contribution < 1.29 is 4.74 Å². The van der Waals surface area contributed by atoms with Crippen LogP contribution in [0.3, 0.4) is 0 Å². The summed E-state index contributed by atoms with van der Waals surface area (Å²) >= 11 is 7.37. The lowest BCUT2D eigenvalue weighted by Crippen LogP contribution is -2.14. The normalized spacial score (nSPS) is 16.3. The smallest absolute Gasteiger partial charge is 0.0951 e. The van der Waals surface area contributed by atoms with Gasteiger partial charge in [-0.2, -0.15) is 0 Å². The van der Waals surface area contributed by atoms with E-state index in [0.717, 1.165) is 36.3 Å². The molecule has 0 spiro atoms. The van der Waals surface area contributed by atoms with Gasteiger partial charge in [-0.15, -0.1) is 22.9 Å². The lowest BCUT2D eigenvalue weighted by atomic mass is 9.83. The van der Waals surface area contributed by atoms with Crippen molar-refractivity contribution >= 4 is 22.9 Å². The second-order valence-corrected chi connectivity index (χ2v) is 5.52. The molecule has 0 bridgehead atoms. The SMILES string of the molecule is ClCc1csc(CCOCCC2CCC2)n1. The van der Waals surface area contributed by atoms with Crippen molar-refractivity contribution in [1.29, 1.82) is 0 Å². The van der Waals surface area contributed by atoms with E-state index >= 15 is 0 Å². The summed E-state index contributed by atoms with van der Waals surface area (Å²) in [5.41, 5.74) is 0.983. The van der Waals surface area contributed by atoms with E-state index in [0.29, 0.717) is 5.88 Å². The Morgan fingerprint density at radius 1 is 1.44 bits per heavy atom. The Kier molecular flexibility index (Phi) is 5.07. The van der Waals surface area contributed by atoms with Crippen LogP contribution < -0.4 is 0 Å². The third-order valence-electron chi connectivity index (χ3n) is 3.09. The van der Waals surface area contributed by atoms with Crippen molar-refractivity contribution in [2.45, 2.75) is 38.0 Å². The molecule has 90 valence electrons. The monoisotopic (exact) mass is 259 g/mol. The largest absolute Gasteiger partial charge is 0.381 e. The maximum absolute atomic E-state index is 5.69. The van der Waals surface area contributed by atoms with E-state index < -0.39 is 0 Å². The van der Waals surface area contributed by atoms with Crippen molar-refractivity contribution in [3.63, 3.8) is 0 Å². The first-order chi connectivity index (χ1) is 7.88. The van der Waals surface area contributed by atoms with Gasteiger partial charge in [0.15, 0.2) is 0 Å². The molecule has 2 rings (SSSR count). The molecular formula is C12H18ClNOS. The van der Waals surface area contributed by atoms with Gasteiger partial charge in [-0.1, -0.05) is 19.3 Å². The highest BCUT2D eigenvalue weighted by molar-refractivity contribution is 7.09. The topological polar surface area (TPSA) is 22.1 Å². The highest BCUT2D eigenvalue weighted by Crippen LogP contribution is 2.29. The molecule has 1 heterocycles. The van der Waals surface area contributed by atoms with Crippen molar-refractivity contribution in [1.82, 2.24) is 4.98 Å². The van der Waals surface area contributed by atoms with Gasteiger partial charge in [0.25, 0.3) is 0 Å². The predicted molar refractivity (Wildman–Crippen MR) is 68.2 cm³/mol. The molecule has 4 heteroatoms. The first-order valence-corrected chi connectivity index (χ1v) is 7.37. The molecule has 1 aliphatic rings. The van der Waals surface area contributed by atoms with Crippen LogP contribution >= 0.6 is 22.9 Å². The molecule has 1 fully saturated rings. The minimum Gasteiger partial charge on any atom is -0.381 e. The van der Waals surface area contributed by atoms with Crippen LogP contribution in [0.1, 0.15) is 36.4 Å². The van der Waals surface area contributed by atoms with E-state index in [1.165, 1.54) is 25.7 Å². The summed E-state index contributed by atoms with van der Waals surface area (Å²) in [5.74, 6) is 1.46. The number of ether oxygens (including phenoxy) is 1. The first-order valence-electron chi connectivity index (χ1n) is 5.95. The van der Waals surface area contributed by atoms with Crippen LogP contribution in [0.25, 0.3) is 0 Å². The Hall–Kier alpha value is -0.120. The number of thiazole rings is 1. The Bertz CT molecular complexity index is 312. The van der Waals surface area contributed by atoms with Gasteiger partial charge < -0.3 is 4.74 Å². The molecule has 0 N–H and O–H groups in total. The van der Waals surface area contributed by atoms with E-state index in [-0.39, 0.29) is 0 Å². The van der Waals surface area contributed by atoms with Gasteiger partial charge in [-0.3, -0.25) is 0 Å². The van der Waals surface area contributed by atoms with Crippen LogP contribution in [0.4, 0.5) is 0 Å². The summed E-state index contributed by atoms with van der Waals surface area (Å²) in [6.45, 7) is 1.71. The molecule has 16 heavy (non-hydrogen) atoms. The van der Waals surface area contributed by atoms with Crippen LogP contribution in [-0.2, 0) is 17.0 Å². The van der Waals surface area contributed by atoms with Gasteiger partial charge >= 0.3 is 0 Å². The van der Waals surface area contributed by atoms with Gasteiger partial charge in [0.1, 0.15) is 0 Å². The molecule has 1 aliphatic carbocycles. The molecule has 0 amide bonds. The lowest BCUT2D eigenvalue weighted by Gasteiger charge is -2.24. The van der Waals surface area contributed by atoms with E-state index in [1.54, 1.807) is 11.3 Å². The zero-order valence-electron chi connectivity index (χ0n) is 9.45. The summed E-state index contributed by atoms with van der Waals surface area (Å²) in [5, 5.41) is 3.16. The zero-order valence-corrected chi connectivity index (χ0v) is 11.0. The molecule has 0 aromatic carbocycles. The number of rotatable bonds is 7. The molecule has 1 aromatic rings. The van der Waals surface area contributed by atoms with Crippen molar-refractivity contribution in [3.05, 3.63) is 16.1 Å². The number of nitrogens with zero attached hydrogens (tertiary/aromatic N) is 1. The number of alkyl halides is 1. The fourth-order valence-corrected chi connectivity index (χ4v) is 2.83. The fraction of sp³-hybridized carbons (Fsp3) is 0.750. The molecule has 2 nitrogen and oxygen atoms in total. The van der Waals surface area contributed by atoms with Crippen LogP contribution in [0, 0.1) is 5.92 Å². The Labute approximate surface area is 106 Å². The molecule has 1 aromatic heterocycles. The van der Waals surface area contributed by atoms with Crippen LogP contribution in [-0.4, -0.2) is 18.2 Å². The maximum atomic E-state index is 5.69. The summed E-state index contributed by atoms with van der Waals surface area (Å²) in [6.07, 6.45) is 6.41. The van der Waals surface area contributed by atoms with Crippen molar-refractivity contribution in [2.75, 3.05) is 13.2 Å². The molecule has 1 saturated carbocycles. The van der Waals surface area contributed by atoms with E-state index in [1.807, 2.05) is 5.38 Å². The van der Waals surface area contributed by atoms with Crippen LogP contribution in [0.5, 0.6) is 0 Å². The van der Waals surface area contributed by atoms with Gasteiger partial charge in [-0.05, 0) is 12.3 Å². The fourth-order valence-electron chi connectivity index (χ4n) is 1.82. The second-order valence-electron chi connectivity index (χ2n) is 4.31. The van der Waals surface area contributed by atoms with Crippen LogP contribution in [0.15, 0.2) is 5.38 Å². The number of halogens is 1. The van der Waals surface area contributed by atoms with Crippen molar-refractivity contribution in [3.8, 4) is 0 Å². The molecule has 0 radical (unpaired) electrons. The molecule has 0 atom stereocenters. The summed E-state index contributed by atoms with van der Waals surface area (Å²) < 4.78 is 5.62. The second kappa shape index (κ2) is 6.58. The van der Waals surface area contributed by atoms with E-state index in [9.17, 15) is 0 Å². The lowest BCUT2D eigenvalue weighted by molar-refractivity contribution is 0.109. The number of hydrogen-bond donors (Lipinski definition) is 0. The van der Waals surface area contributed by atoms with Gasteiger partial charge in [-0.25, -0.2) is 4.98 Å². The Balaban J connectivity index is 1.53. The number of hydrogen-bond acceptors (Lipinski definition) is 3. The van der Waals surface area contributed by atoms with E-state index in [2.05, 4.69) is 4.98 Å². The predicted octanol–water partition coefficient (Wildman–Crippen LogP) is 3.63. The minimum absolute atomic E-state index is 0.513. The average Bonchev–Trinajstić information content (AvgIpc) is 2.68. The summed E-state index contributed by atoms with van der Waals surface area (Å²) in [6, 6.07) is 0. The number of aromatic nitrogens is 1. The Morgan fingerprint density at radius 3 is 2.94 bits per heavy atom. The van der Waals surface area contributed by atoms with Gasteiger partial charge in [0.2, 0.25) is 0 Å². The third-order valence-corrected chi connectivity index (χ3v) is 4.32. The first kappa shape index (κ1) is 12.3. The molecule has 0 unspecified atom stereocenters. The minimum atomic E-state index is 0.513. The van der Waals surface area contributed by atoms with Gasteiger partial charge in [0.05, 0.1) is 23.2 Å². The molecular weight excluding hydrogens is 242 g/mol. The quantitative estimate of drug-likeness (QED) is 0.551.